The highest BCUT2D eigenvalue weighted by Crippen LogP contribution is 2.28. The lowest BCUT2D eigenvalue weighted by atomic mass is 10.2. The lowest BCUT2D eigenvalue weighted by molar-refractivity contribution is -0.134. The van der Waals surface area contributed by atoms with Gasteiger partial charge in [-0.15, -0.1) is 11.3 Å². The summed E-state index contributed by atoms with van der Waals surface area (Å²) in [6.45, 7) is 0.679. The average Bonchev–Trinajstić information content (AvgIpc) is 2.86. The fourth-order valence-corrected chi connectivity index (χ4v) is 3.69. The number of rotatable bonds is 4. The number of likely N-dealkylation sites (tertiary alicyclic amines) is 1. The van der Waals surface area contributed by atoms with Gasteiger partial charge in [0.2, 0.25) is 11.8 Å². The number of carbonyl (C=O) groups is 3. The van der Waals surface area contributed by atoms with Gasteiger partial charge in [-0.1, -0.05) is 6.42 Å². The van der Waals surface area contributed by atoms with E-state index in [9.17, 15) is 14.4 Å². The van der Waals surface area contributed by atoms with Gasteiger partial charge in [-0.3, -0.25) is 9.59 Å². The lowest BCUT2D eigenvalue weighted by Gasteiger charge is -2.19. The van der Waals surface area contributed by atoms with Crippen molar-refractivity contribution in [3.63, 3.8) is 0 Å². The highest BCUT2D eigenvalue weighted by molar-refractivity contribution is 7.20. The Bertz CT molecular complexity index is 799. The molecule has 2 aromatic rings. The van der Waals surface area contributed by atoms with Gasteiger partial charge in [0, 0.05) is 23.4 Å². The number of nitrogens with one attached hydrogen (secondary N) is 1. The molecule has 1 aromatic heterocycles. The van der Waals surface area contributed by atoms with Gasteiger partial charge < -0.3 is 15.3 Å². The number of hydrogen-bond donors (Lipinski definition) is 2. The van der Waals surface area contributed by atoms with Crippen LogP contribution in [-0.4, -0.2) is 40.9 Å². The van der Waals surface area contributed by atoms with E-state index in [4.69, 9.17) is 5.11 Å². The fourth-order valence-electron chi connectivity index (χ4n) is 2.81. The van der Waals surface area contributed by atoms with E-state index in [1.54, 1.807) is 29.2 Å². The van der Waals surface area contributed by atoms with Crippen LogP contribution in [0.1, 0.15) is 35.4 Å². The molecular formula is C17H18N2O4S. The van der Waals surface area contributed by atoms with Crippen LogP contribution in [0.2, 0.25) is 0 Å². The van der Waals surface area contributed by atoms with Crippen LogP contribution in [-0.2, 0) is 9.59 Å². The first-order chi connectivity index (χ1) is 11.5. The minimum atomic E-state index is -0.957. The summed E-state index contributed by atoms with van der Waals surface area (Å²) in [4.78, 5) is 37.0. The number of nitrogens with zero attached hydrogens (tertiary/aromatic N) is 1. The van der Waals surface area contributed by atoms with Crippen LogP contribution in [0.4, 0.5) is 5.69 Å². The largest absolute Gasteiger partial charge is 0.477 e. The Balaban J connectivity index is 1.68. The number of anilines is 1. The van der Waals surface area contributed by atoms with Crippen molar-refractivity contribution in [3.05, 3.63) is 29.1 Å². The number of aromatic carboxylic acids is 1. The van der Waals surface area contributed by atoms with Crippen LogP contribution in [0.5, 0.6) is 0 Å². The first-order valence-corrected chi connectivity index (χ1v) is 8.69. The summed E-state index contributed by atoms with van der Waals surface area (Å²) in [7, 11) is 0. The highest BCUT2D eigenvalue weighted by atomic mass is 32.1. The Morgan fingerprint density at radius 1 is 1.21 bits per heavy atom. The molecule has 2 heterocycles. The second-order valence-electron chi connectivity index (χ2n) is 5.84. The van der Waals surface area contributed by atoms with E-state index in [2.05, 4.69) is 5.32 Å². The summed E-state index contributed by atoms with van der Waals surface area (Å²) in [5.74, 6) is -1.17. The molecule has 6 nitrogen and oxygen atoms in total. The number of fused-ring (bicyclic) bond motifs is 1. The number of carboxylic acids is 1. The summed E-state index contributed by atoms with van der Waals surface area (Å²) >= 11 is 1.20. The summed E-state index contributed by atoms with van der Waals surface area (Å²) in [5, 5.41) is 12.6. The molecule has 1 fully saturated rings. The summed E-state index contributed by atoms with van der Waals surface area (Å²) in [6.07, 6.45) is 3.34. The molecule has 0 unspecified atom stereocenters. The molecule has 24 heavy (non-hydrogen) atoms. The van der Waals surface area contributed by atoms with Crippen molar-refractivity contribution in [1.82, 2.24) is 4.90 Å². The molecule has 2 amide bonds. The molecule has 1 aromatic carbocycles. The maximum atomic E-state index is 12.2. The van der Waals surface area contributed by atoms with Gasteiger partial charge in [-0.05, 0) is 42.5 Å². The quantitative estimate of drug-likeness (QED) is 0.891. The van der Waals surface area contributed by atoms with Gasteiger partial charge in [0.1, 0.15) is 4.88 Å². The molecule has 2 N–H and O–H groups in total. The van der Waals surface area contributed by atoms with Crippen LogP contribution >= 0.6 is 11.3 Å². The van der Waals surface area contributed by atoms with E-state index in [1.807, 2.05) is 0 Å². The molecule has 0 aliphatic carbocycles. The van der Waals surface area contributed by atoms with Gasteiger partial charge in [0.05, 0.1) is 6.54 Å². The predicted octanol–water partition coefficient (Wildman–Crippen LogP) is 2.94. The molecule has 0 spiro atoms. The predicted molar refractivity (Wildman–Crippen MR) is 92.5 cm³/mol. The van der Waals surface area contributed by atoms with E-state index in [0.29, 0.717) is 18.7 Å². The van der Waals surface area contributed by atoms with E-state index < -0.39 is 5.97 Å². The zero-order valence-electron chi connectivity index (χ0n) is 13.1. The molecule has 1 aliphatic heterocycles. The second-order valence-corrected chi connectivity index (χ2v) is 6.93. The second kappa shape index (κ2) is 7.00. The van der Waals surface area contributed by atoms with Gasteiger partial charge in [-0.2, -0.15) is 0 Å². The van der Waals surface area contributed by atoms with Crippen LogP contribution in [0.25, 0.3) is 10.1 Å². The summed E-state index contributed by atoms with van der Waals surface area (Å²) < 4.78 is 0.855. The lowest BCUT2D eigenvalue weighted by Crippen LogP contribution is -2.37. The smallest absolute Gasteiger partial charge is 0.345 e. The molecule has 126 valence electrons. The van der Waals surface area contributed by atoms with E-state index in [0.717, 1.165) is 29.3 Å². The van der Waals surface area contributed by atoms with Crippen LogP contribution in [0, 0.1) is 0 Å². The van der Waals surface area contributed by atoms with E-state index >= 15 is 0 Å². The van der Waals surface area contributed by atoms with Crippen molar-refractivity contribution >= 4 is 44.9 Å². The number of hydrogen-bond acceptors (Lipinski definition) is 4. The highest BCUT2D eigenvalue weighted by Gasteiger charge is 2.19. The molecule has 0 radical (unpaired) electrons. The molecule has 0 saturated carbocycles. The number of carboxylic acid groups (broad SMARTS) is 1. The van der Waals surface area contributed by atoms with Gasteiger partial charge in [0.15, 0.2) is 0 Å². The monoisotopic (exact) mass is 346 g/mol. The maximum absolute atomic E-state index is 12.2. The third-order valence-corrected chi connectivity index (χ3v) is 5.12. The summed E-state index contributed by atoms with van der Waals surface area (Å²) in [6, 6.07) is 6.88. The van der Waals surface area contributed by atoms with Crippen LogP contribution in [0.15, 0.2) is 24.3 Å². The van der Waals surface area contributed by atoms with Crippen molar-refractivity contribution in [2.75, 3.05) is 18.4 Å². The molecule has 7 heteroatoms. The van der Waals surface area contributed by atoms with Crippen LogP contribution < -0.4 is 5.32 Å². The topological polar surface area (TPSA) is 86.7 Å². The van der Waals surface area contributed by atoms with Gasteiger partial charge in [-0.25, -0.2) is 4.79 Å². The standard InChI is InChI=1S/C17H18N2O4S/c20-15(10-19-7-3-1-2-4-16(19)21)18-12-5-6-13-11(8-12)9-14(24-13)17(22)23/h5-6,8-9H,1-4,7,10H2,(H,18,20)(H,22,23). The minimum Gasteiger partial charge on any atom is -0.477 e. The van der Waals surface area contributed by atoms with Crippen LogP contribution in [0.3, 0.4) is 0 Å². The van der Waals surface area contributed by atoms with E-state index in [-0.39, 0.29) is 23.2 Å². The zero-order chi connectivity index (χ0) is 17.1. The van der Waals surface area contributed by atoms with Gasteiger partial charge in [0.25, 0.3) is 0 Å². The SMILES string of the molecule is O=C(CN1CCCCCC1=O)Nc1ccc2sc(C(=O)O)cc2c1. The van der Waals surface area contributed by atoms with Crippen molar-refractivity contribution in [1.29, 1.82) is 0 Å². The molecule has 3 rings (SSSR count). The number of carbonyl (C=O) groups excluding carboxylic acids is 2. The Morgan fingerprint density at radius 3 is 2.83 bits per heavy atom. The molecule has 1 aliphatic rings. The summed E-state index contributed by atoms with van der Waals surface area (Å²) in [5.41, 5.74) is 0.601. The van der Waals surface area contributed by atoms with Crippen molar-refractivity contribution < 1.29 is 19.5 Å². The van der Waals surface area contributed by atoms with Crippen molar-refractivity contribution in [2.24, 2.45) is 0 Å². The van der Waals surface area contributed by atoms with Crippen molar-refractivity contribution in [2.45, 2.75) is 25.7 Å². The maximum Gasteiger partial charge on any atom is 0.345 e. The Morgan fingerprint density at radius 2 is 2.04 bits per heavy atom. The fraction of sp³-hybridized carbons (Fsp3) is 0.353. The Kier molecular flexibility index (Phi) is 4.80. The average molecular weight is 346 g/mol. The van der Waals surface area contributed by atoms with E-state index in [1.165, 1.54) is 11.3 Å². The van der Waals surface area contributed by atoms with Crippen molar-refractivity contribution in [3.8, 4) is 0 Å². The molecule has 0 atom stereocenters. The Hall–Kier alpha value is -2.41. The first-order valence-electron chi connectivity index (χ1n) is 7.87. The number of thiophene rings is 1. The number of amides is 2. The normalized spacial score (nSPS) is 15.3. The third-order valence-electron chi connectivity index (χ3n) is 4.02. The molecule has 0 bridgehead atoms. The van der Waals surface area contributed by atoms with Gasteiger partial charge >= 0.3 is 5.97 Å². The third kappa shape index (κ3) is 3.73. The molecular weight excluding hydrogens is 328 g/mol. The zero-order valence-corrected chi connectivity index (χ0v) is 13.9. The Labute approximate surface area is 143 Å². The minimum absolute atomic E-state index is 0.0297. The first kappa shape index (κ1) is 16.4. The number of benzene rings is 1. The molecule has 1 saturated heterocycles.